The molecule has 0 amide bonds. The summed E-state index contributed by atoms with van der Waals surface area (Å²) in [5.41, 5.74) is 0. The van der Waals surface area contributed by atoms with Gasteiger partial charge in [0.1, 0.15) is 0 Å². The Balaban J connectivity index is -0.0000000383. The first-order valence-electron chi connectivity index (χ1n) is 3.98. The van der Waals surface area contributed by atoms with Crippen LogP contribution in [0.5, 0.6) is 0 Å². The van der Waals surface area contributed by atoms with Gasteiger partial charge in [-0.25, -0.2) is 0 Å². The van der Waals surface area contributed by atoms with E-state index >= 15 is 0 Å². The van der Waals surface area contributed by atoms with Crippen LogP contribution >= 0.6 is 0 Å². The van der Waals surface area contributed by atoms with Crippen LogP contribution in [0.15, 0.2) is 0 Å². The molecule has 0 aliphatic carbocycles. The van der Waals surface area contributed by atoms with Gasteiger partial charge in [0.25, 0.3) is 0 Å². The zero-order chi connectivity index (χ0) is 7.70. The smallest absolute Gasteiger partial charge is 0 e. The molecule has 0 rings (SSSR count). The van der Waals surface area contributed by atoms with Crippen LogP contribution in [0, 0.1) is 12.8 Å². The van der Waals surface area contributed by atoms with Gasteiger partial charge in [-0.2, -0.15) is 6.42 Å². The molecule has 0 aromatic heterocycles. The van der Waals surface area contributed by atoms with Crippen molar-refractivity contribution in [3.8, 4) is 0 Å². The molecule has 0 aliphatic heterocycles. The fraction of sp³-hybridized carbons (Fsp3) is 0.900. The molecule has 0 unspecified atom stereocenters. The molecule has 0 aliphatic rings. The Morgan fingerprint density at radius 1 is 1.18 bits per heavy atom. The van der Waals surface area contributed by atoms with Crippen molar-refractivity contribution in [1.82, 2.24) is 0 Å². The van der Waals surface area contributed by atoms with Crippen molar-refractivity contribution >= 4 is 0 Å². The van der Waals surface area contributed by atoms with Crippen molar-refractivity contribution in [1.29, 1.82) is 0 Å². The van der Waals surface area contributed by atoms with Crippen LogP contribution in [-0.4, -0.2) is 0 Å². The molecule has 0 aromatic carbocycles. The molecule has 0 atom stereocenters. The Hall–Kier alpha value is 0.688. The summed E-state index contributed by atoms with van der Waals surface area (Å²) in [6.45, 7) is 12.4. The summed E-state index contributed by atoms with van der Waals surface area (Å²) in [7, 11) is 0. The van der Waals surface area contributed by atoms with Crippen LogP contribution in [0.3, 0.4) is 0 Å². The van der Waals surface area contributed by atoms with Gasteiger partial charge in [-0.1, -0.05) is 48.0 Å². The first-order valence-corrected chi connectivity index (χ1v) is 3.98. The van der Waals surface area contributed by atoms with Crippen LogP contribution in [0.25, 0.3) is 0 Å². The Labute approximate surface area is 88.4 Å². The summed E-state index contributed by atoms with van der Waals surface area (Å²) in [5, 5.41) is 0. The van der Waals surface area contributed by atoms with Gasteiger partial charge in [0.15, 0.2) is 0 Å². The van der Waals surface area contributed by atoms with Gasteiger partial charge >= 0.3 is 0 Å². The van der Waals surface area contributed by atoms with Crippen molar-refractivity contribution in [3.63, 3.8) is 0 Å². The van der Waals surface area contributed by atoms with Crippen molar-refractivity contribution in [2.75, 3.05) is 0 Å². The van der Waals surface area contributed by atoms with Gasteiger partial charge < -0.3 is 6.92 Å². The third-order valence-corrected chi connectivity index (χ3v) is 1.17. The van der Waals surface area contributed by atoms with E-state index in [4.69, 9.17) is 0 Å². The average Bonchev–Trinajstić information content (AvgIpc) is 1.89. The SMILES string of the molecule is C.CCC(C)C.[CH2-]CCC.[W]. The van der Waals surface area contributed by atoms with E-state index in [1.54, 1.807) is 0 Å². The van der Waals surface area contributed by atoms with Gasteiger partial charge in [-0.3, -0.25) is 0 Å². The Morgan fingerprint density at radius 3 is 1.36 bits per heavy atom. The molecule has 0 fully saturated rings. The largest absolute Gasteiger partial charge is 0.343 e. The van der Waals surface area contributed by atoms with E-state index in [1.165, 1.54) is 12.8 Å². The number of rotatable bonds is 2. The zero-order valence-electron chi connectivity index (χ0n) is 7.81. The Bertz CT molecular complexity index is 31.9. The van der Waals surface area contributed by atoms with Crippen LogP contribution in [-0.2, 0) is 21.1 Å². The predicted octanol–water partition coefficient (Wildman–Crippen LogP) is 4.31. The maximum absolute atomic E-state index is 3.60. The summed E-state index contributed by atoms with van der Waals surface area (Å²) < 4.78 is 0. The summed E-state index contributed by atoms with van der Waals surface area (Å²) in [5.74, 6) is 0.884. The fourth-order valence-electron chi connectivity index (χ4n) is 0. The minimum Gasteiger partial charge on any atom is -0.343 e. The average molecular weight is 329 g/mol. The second-order valence-electron chi connectivity index (χ2n) is 2.66. The molecule has 0 saturated carbocycles. The van der Waals surface area contributed by atoms with Crippen molar-refractivity contribution in [2.45, 2.75) is 54.4 Å². The van der Waals surface area contributed by atoms with Crippen molar-refractivity contribution in [2.24, 2.45) is 5.92 Å². The van der Waals surface area contributed by atoms with Gasteiger partial charge in [0.05, 0.1) is 0 Å². The second kappa shape index (κ2) is 22.4. The van der Waals surface area contributed by atoms with E-state index in [0.29, 0.717) is 0 Å². The number of hydrogen-bond donors (Lipinski definition) is 0. The second-order valence-corrected chi connectivity index (χ2v) is 2.66. The van der Waals surface area contributed by atoms with E-state index in [-0.39, 0.29) is 28.5 Å². The third kappa shape index (κ3) is 59.3. The van der Waals surface area contributed by atoms with E-state index in [9.17, 15) is 0 Å². The summed E-state index contributed by atoms with van der Waals surface area (Å²) in [6.07, 6.45) is 3.58. The molecule has 0 N–H and O–H groups in total. The molecule has 0 heterocycles. The maximum atomic E-state index is 3.60. The monoisotopic (exact) mass is 329 g/mol. The minimum absolute atomic E-state index is 0. The van der Waals surface area contributed by atoms with Gasteiger partial charge in [0, 0.05) is 21.1 Å². The van der Waals surface area contributed by atoms with E-state index in [2.05, 4.69) is 34.6 Å². The maximum Gasteiger partial charge on any atom is 0 e. The molecular formula is C10H25W-. The van der Waals surface area contributed by atoms with Gasteiger partial charge in [-0.05, 0) is 5.92 Å². The van der Waals surface area contributed by atoms with Crippen LogP contribution < -0.4 is 0 Å². The van der Waals surface area contributed by atoms with Crippen LogP contribution in [0.1, 0.15) is 54.4 Å². The molecular weight excluding hydrogens is 304 g/mol. The van der Waals surface area contributed by atoms with E-state index < -0.39 is 0 Å². The number of hydrogen-bond acceptors (Lipinski definition) is 0. The van der Waals surface area contributed by atoms with Crippen LogP contribution in [0.4, 0.5) is 0 Å². The third-order valence-electron chi connectivity index (χ3n) is 1.17. The normalized spacial score (nSPS) is 7.09. The molecule has 0 spiro atoms. The first-order chi connectivity index (χ1) is 4.18. The van der Waals surface area contributed by atoms with Crippen molar-refractivity contribution in [3.05, 3.63) is 6.92 Å². The molecule has 0 nitrogen and oxygen atoms in total. The van der Waals surface area contributed by atoms with Crippen molar-refractivity contribution < 1.29 is 21.1 Å². The van der Waals surface area contributed by atoms with E-state index in [1.807, 2.05) is 0 Å². The summed E-state index contributed by atoms with van der Waals surface area (Å²) in [4.78, 5) is 0. The molecule has 1 heteroatoms. The fourth-order valence-corrected chi connectivity index (χ4v) is 0. The predicted molar refractivity (Wildman–Crippen MR) is 52.1 cm³/mol. The van der Waals surface area contributed by atoms with Gasteiger partial charge in [0.2, 0.25) is 0 Å². The number of unbranched alkanes of at least 4 members (excludes halogenated alkanes) is 1. The van der Waals surface area contributed by atoms with Crippen LogP contribution in [0.2, 0.25) is 0 Å². The Kier molecular flexibility index (Phi) is 46.1. The minimum atomic E-state index is 0. The molecule has 0 aromatic rings. The molecule has 0 saturated heterocycles. The molecule has 0 radical (unpaired) electrons. The molecule has 0 bridgehead atoms. The summed E-state index contributed by atoms with van der Waals surface area (Å²) in [6, 6.07) is 0. The Morgan fingerprint density at radius 2 is 1.36 bits per heavy atom. The summed E-state index contributed by atoms with van der Waals surface area (Å²) >= 11 is 0. The topological polar surface area (TPSA) is 0 Å². The molecule has 11 heavy (non-hydrogen) atoms. The van der Waals surface area contributed by atoms with Gasteiger partial charge in [-0.15, -0.1) is 0 Å². The standard InChI is InChI=1S/C5H12.C4H9.CH4.W/c1-4-5(2)3;1-3-4-2;;/h5H,4H2,1-3H3;1,3-4H2,2H3;1H4;/q;-1;;. The quantitative estimate of drug-likeness (QED) is 0.663. The molecule has 72 valence electrons. The van der Waals surface area contributed by atoms with E-state index in [0.717, 1.165) is 12.3 Å². The zero-order valence-corrected chi connectivity index (χ0v) is 10.7. The first kappa shape index (κ1) is 22.6.